The van der Waals surface area contributed by atoms with Crippen LogP contribution in [0.25, 0.3) is 0 Å². The molecule has 1 heterocycles. The molecule has 1 aromatic rings. The molecule has 110 valence electrons. The lowest BCUT2D eigenvalue weighted by atomic mass is 10.0. The lowest BCUT2D eigenvalue weighted by Gasteiger charge is -2.31. The first-order valence-corrected chi connectivity index (χ1v) is 6.55. The Kier molecular flexibility index (Phi) is 4.07. The maximum absolute atomic E-state index is 12.6. The van der Waals surface area contributed by atoms with Crippen molar-refractivity contribution in [3.8, 4) is 0 Å². The Balaban J connectivity index is 2.30. The molecule has 6 heteroatoms. The number of carbonyl (C=O) groups excluding carboxylic acids is 3. The Morgan fingerprint density at radius 3 is 2.86 bits per heavy atom. The topological polar surface area (TPSA) is 92.5 Å². The molecule has 0 aliphatic carbocycles. The second kappa shape index (κ2) is 5.78. The Morgan fingerprint density at radius 1 is 1.52 bits per heavy atom. The van der Waals surface area contributed by atoms with Crippen molar-refractivity contribution in [1.82, 2.24) is 10.2 Å². The first-order valence-electron chi connectivity index (χ1n) is 6.55. The molecule has 0 aromatic heterocycles. The zero-order chi connectivity index (χ0) is 15.6. The van der Waals surface area contributed by atoms with Crippen LogP contribution in [0.3, 0.4) is 0 Å². The normalized spacial score (nSPS) is 18.0. The number of hydrogen-bond donors (Lipinski definition) is 2. The molecule has 0 bridgehead atoms. The fourth-order valence-corrected chi connectivity index (χ4v) is 2.38. The Bertz CT molecular complexity index is 625. The van der Waals surface area contributed by atoms with Crippen molar-refractivity contribution >= 4 is 23.8 Å². The summed E-state index contributed by atoms with van der Waals surface area (Å²) in [7, 11) is 1.53. The smallest absolute Gasteiger partial charge is 0.257 e. The number of benzene rings is 1. The van der Waals surface area contributed by atoms with E-state index >= 15 is 0 Å². The summed E-state index contributed by atoms with van der Waals surface area (Å²) in [6, 6.07) is 4.08. The number of likely N-dealkylation sites (N-methyl/N-ethyl adjacent to an activating group) is 1. The van der Waals surface area contributed by atoms with E-state index in [2.05, 4.69) is 11.9 Å². The molecule has 2 rings (SSSR count). The minimum Gasteiger partial charge on any atom is -0.398 e. The highest BCUT2D eigenvalue weighted by atomic mass is 16.2. The van der Waals surface area contributed by atoms with Gasteiger partial charge < -0.3 is 16.0 Å². The number of nitrogens with one attached hydrogen (secondary N) is 1. The van der Waals surface area contributed by atoms with Crippen molar-refractivity contribution in [3.05, 3.63) is 41.6 Å². The third kappa shape index (κ3) is 2.79. The van der Waals surface area contributed by atoms with Gasteiger partial charge in [-0.05, 0) is 18.9 Å². The van der Waals surface area contributed by atoms with E-state index in [-0.39, 0.29) is 22.7 Å². The highest BCUT2D eigenvalue weighted by molar-refractivity contribution is 6.07. The van der Waals surface area contributed by atoms with Crippen molar-refractivity contribution in [2.24, 2.45) is 0 Å². The molecule has 1 atom stereocenters. The monoisotopic (exact) mass is 287 g/mol. The highest BCUT2D eigenvalue weighted by Crippen LogP contribution is 2.22. The van der Waals surface area contributed by atoms with Crippen molar-refractivity contribution in [3.63, 3.8) is 0 Å². The van der Waals surface area contributed by atoms with Crippen molar-refractivity contribution in [2.75, 3.05) is 12.8 Å². The molecule has 0 radical (unpaired) electrons. The van der Waals surface area contributed by atoms with Gasteiger partial charge in [-0.25, -0.2) is 0 Å². The summed E-state index contributed by atoms with van der Waals surface area (Å²) in [5.41, 5.74) is 7.01. The van der Waals surface area contributed by atoms with Crippen LogP contribution in [0.2, 0.25) is 0 Å². The molecule has 1 aromatic carbocycles. The van der Waals surface area contributed by atoms with E-state index in [1.54, 1.807) is 12.1 Å². The first kappa shape index (κ1) is 14.8. The number of piperidine rings is 1. The van der Waals surface area contributed by atoms with Gasteiger partial charge in [-0.3, -0.25) is 14.4 Å². The molecule has 3 N–H and O–H groups in total. The van der Waals surface area contributed by atoms with E-state index in [0.29, 0.717) is 24.8 Å². The summed E-state index contributed by atoms with van der Waals surface area (Å²) >= 11 is 0. The second-order valence-corrected chi connectivity index (χ2v) is 4.99. The summed E-state index contributed by atoms with van der Waals surface area (Å²) in [5.74, 6) is -0.716. The van der Waals surface area contributed by atoms with Crippen LogP contribution in [-0.4, -0.2) is 36.1 Å². The van der Waals surface area contributed by atoms with Crippen LogP contribution in [0.5, 0.6) is 0 Å². The van der Waals surface area contributed by atoms with E-state index in [0.717, 1.165) is 0 Å². The molecule has 1 aliphatic rings. The molecule has 0 saturated carbocycles. The van der Waals surface area contributed by atoms with Gasteiger partial charge in [0.25, 0.3) is 5.91 Å². The molecule has 6 nitrogen and oxygen atoms in total. The number of carbonyl (C=O) groups is 3. The van der Waals surface area contributed by atoms with Crippen LogP contribution < -0.4 is 11.1 Å². The van der Waals surface area contributed by atoms with E-state index < -0.39 is 11.9 Å². The number of aldehydes is 1. The number of rotatable bonds is 3. The van der Waals surface area contributed by atoms with E-state index in [1.807, 2.05) is 0 Å². The predicted molar refractivity (Wildman–Crippen MR) is 78.6 cm³/mol. The maximum Gasteiger partial charge on any atom is 0.257 e. The largest absolute Gasteiger partial charge is 0.398 e. The van der Waals surface area contributed by atoms with E-state index in [9.17, 15) is 14.4 Å². The first-order chi connectivity index (χ1) is 9.95. The number of amides is 2. The van der Waals surface area contributed by atoms with Crippen LogP contribution in [0, 0.1) is 0 Å². The fraction of sp³-hybridized carbons (Fsp3) is 0.267. The fourth-order valence-electron chi connectivity index (χ4n) is 2.38. The maximum atomic E-state index is 12.6. The van der Waals surface area contributed by atoms with Gasteiger partial charge in [-0.2, -0.15) is 0 Å². The zero-order valence-corrected chi connectivity index (χ0v) is 11.8. The minimum absolute atomic E-state index is 0.132. The Morgan fingerprint density at radius 2 is 2.24 bits per heavy atom. The third-order valence-corrected chi connectivity index (χ3v) is 3.58. The number of nitrogens with zero attached hydrogens (tertiary/aromatic N) is 1. The van der Waals surface area contributed by atoms with Crippen LogP contribution in [0.15, 0.2) is 30.5 Å². The number of anilines is 1. The summed E-state index contributed by atoms with van der Waals surface area (Å²) in [5, 5.41) is 2.63. The zero-order valence-electron chi connectivity index (χ0n) is 11.8. The van der Waals surface area contributed by atoms with Crippen LogP contribution >= 0.6 is 0 Å². The van der Waals surface area contributed by atoms with Crippen molar-refractivity contribution in [1.29, 1.82) is 0 Å². The average molecular weight is 287 g/mol. The number of nitrogens with two attached hydrogens (primary N) is 1. The molecule has 1 saturated heterocycles. The van der Waals surface area contributed by atoms with Crippen LogP contribution in [0.4, 0.5) is 5.69 Å². The molecule has 21 heavy (non-hydrogen) atoms. The lowest BCUT2D eigenvalue weighted by Crippen LogP contribution is -2.50. The molecule has 0 spiro atoms. The van der Waals surface area contributed by atoms with Gasteiger partial charge in [0.15, 0.2) is 6.29 Å². The second-order valence-electron chi connectivity index (χ2n) is 4.99. The van der Waals surface area contributed by atoms with Gasteiger partial charge >= 0.3 is 0 Å². The lowest BCUT2D eigenvalue weighted by molar-refractivity contribution is -0.125. The quantitative estimate of drug-likeness (QED) is 0.639. The number of nitrogen functional groups attached to an aromatic ring is 1. The molecule has 2 amide bonds. The summed E-state index contributed by atoms with van der Waals surface area (Å²) in [4.78, 5) is 36.9. The SMILES string of the molecule is C=C1CCC(N(C)C(=O)c2c(N)cccc2C=O)C(=O)N1. The third-order valence-electron chi connectivity index (χ3n) is 3.58. The van der Waals surface area contributed by atoms with E-state index in [4.69, 9.17) is 5.73 Å². The predicted octanol–water partition coefficient (Wildman–Crippen LogP) is 0.946. The van der Waals surface area contributed by atoms with Gasteiger partial charge in [-0.1, -0.05) is 18.7 Å². The van der Waals surface area contributed by atoms with Gasteiger partial charge in [0, 0.05) is 24.0 Å². The number of allylic oxidation sites excluding steroid dienone is 1. The summed E-state index contributed by atoms with van der Waals surface area (Å²) in [6.07, 6.45) is 1.69. The Hall–Kier alpha value is -2.63. The minimum atomic E-state index is -0.595. The van der Waals surface area contributed by atoms with Gasteiger partial charge in [0.2, 0.25) is 5.91 Å². The van der Waals surface area contributed by atoms with Gasteiger partial charge in [0.1, 0.15) is 6.04 Å². The molecule has 1 unspecified atom stereocenters. The molecular weight excluding hydrogens is 270 g/mol. The number of hydrogen-bond acceptors (Lipinski definition) is 4. The molecule has 1 fully saturated rings. The van der Waals surface area contributed by atoms with Gasteiger partial charge in [-0.15, -0.1) is 0 Å². The van der Waals surface area contributed by atoms with Crippen molar-refractivity contribution in [2.45, 2.75) is 18.9 Å². The summed E-state index contributed by atoms with van der Waals surface area (Å²) < 4.78 is 0. The van der Waals surface area contributed by atoms with Crippen molar-refractivity contribution < 1.29 is 14.4 Å². The summed E-state index contributed by atoms with van der Waals surface area (Å²) in [6.45, 7) is 3.70. The van der Waals surface area contributed by atoms with Gasteiger partial charge in [0.05, 0.1) is 5.56 Å². The van der Waals surface area contributed by atoms with E-state index in [1.165, 1.54) is 18.0 Å². The van der Waals surface area contributed by atoms with Crippen LogP contribution in [0.1, 0.15) is 33.6 Å². The average Bonchev–Trinajstić information content (AvgIpc) is 2.45. The Labute approximate surface area is 122 Å². The molecule has 1 aliphatic heterocycles. The molecular formula is C15H17N3O3. The van der Waals surface area contributed by atoms with Crippen LogP contribution in [-0.2, 0) is 4.79 Å². The standard InChI is InChI=1S/C15H17N3O3/c1-9-6-7-12(14(20)17-9)18(2)15(21)13-10(8-19)4-3-5-11(13)16/h3-5,8,12H,1,6-7,16H2,2H3,(H,17,20). The highest BCUT2D eigenvalue weighted by Gasteiger charge is 2.32.